The van der Waals surface area contributed by atoms with Crippen LogP contribution in [0, 0.1) is 0 Å². The van der Waals surface area contributed by atoms with Crippen LogP contribution in [0.2, 0.25) is 0 Å². The van der Waals surface area contributed by atoms with Crippen molar-refractivity contribution in [2.24, 2.45) is 5.73 Å². The van der Waals surface area contributed by atoms with Crippen LogP contribution in [0.25, 0.3) is 0 Å². The molecule has 0 saturated heterocycles. The van der Waals surface area contributed by atoms with Crippen molar-refractivity contribution in [2.75, 3.05) is 13.2 Å². The van der Waals surface area contributed by atoms with E-state index in [9.17, 15) is 0 Å². The molecule has 0 amide bonds. The lowest BCUT2D eigenvalue weighted by Gasteiger charge is -2.12. The molecule has 0 bridgehead atoms. The highest BCUT2D eigenvalue weighted by molar-refractivity contribution is 9.10. The Kier molecular flexibility index (Phi) is 4.85. The van der Waals surface area contributed by atoms with Gasteiger partial charge in [-0.25, -0.2) is 0 Å². The summed E-state index contributed by atoms with van der Waals surface area (Å²) in [6.07, 6.45) is 0.824. The lowest BCUT2D eigenvalue weighted by atomic mass is 10.1. The van der Waals surface area contributed by atoms with Crippen LogP contribution in [0.3, 0.4) is 0 Å². The second kappa shape index (κ2) is 5.93. The third-order valence-corrected chi connectivity index (χ3v) is 2.55. The van der Waals surface area contributed by atoms with Crippen molar-refractivity contribution in [3.8, 4) is 5.75 Å². The van der Waals surface area contributed by atoms with Gasteiger partial charge in [-0.2, -0.15) is 0 Å². The molecule has 3 heteroatoms. The Labute approximate surface area is 99.3 Å². The SMILES string of the molecule is C=C(C)COc1c(Br)cccc1CCN. The van der Waals surface area contributed by atoms with E-state index in [4.69, 9.17) is 10.5 Å². The zero-order valence-corrected chi connectivity index (χ0v) is 10.5. The number of rotatable bonds is 5. The normalized spacial score (nSPS) is 10.1. The first-order valence-corrected chi connectivity index (χ1v) is 5.69. The van der Waals surface area contributed by atoms with Gasteiger partial charge in [-0.15, -0.1) is 0 Å². The topological polar surface area (TPSA) is 35.2 Å². The van der Waals surface area contributed by atoms with E-state index in [1.807, 2.05) is 25.1 Å². The Morgan fingerprint density at radius 1 is 1.53 bits per heavy atom. The molecule has 0 aliphatic carbocycles. The van der Waals surface area contributed by atoms with E-state index in [0.717, 1.165) is 27.8 Å². The van der Waals surface area contributed by atoms with Crippen molar-refractivity contribution in [3.63, 3.8) is 0 Å². The summed E-state index contributed by atoms with van der Waals surface area (Å²) in [5.74, 6) is 0.881. The van der Waals surface area contributed by atoms with Crippen LogP contribution < -0.4 is 10.5 Å². The summed E-state index contributed by atoms with van der Waals surface area (Å²) in [5.41, 5.74) is 7.68. The van der Waals surface area contributed by atoms with Gasteiger partial charge in [-0.05, 0) is 53.0 Å². The molecule has 0 spiro atoms. The predicted molar refractivity (Wildman–Crippen MR) is 67.2 cm³/mol. The Hall–Kier alpha value is -0.800. The highest BCUT2D eigenvalue weighted by Gasteiger charge is 2.07. The maximum atomic E-state index is 5.68. The molecule has 0 radical (unpaired) electrons. The molecule has 2 nitrogen and oxygen atoms in total. The molecule has 15 heavy (non-hydrogen) atoms. The summed E-state index contributed by atoms with van der Waals surface area (Å²) in [5, 5.41) is 0. The fourth-order valence-corrected chi connectivity index (χ4v) is 1.78. The largest absolute Gasteiger partial charge is 0.488 e. The highest BCUT2D eigenvalue weighted by Crippen LogP contribution is 2.29. The van der Waals surface area contributed by atoms with Gasteiger partial charge in [-0.3, -0.25) is 0 Å². The molecular formula is C12H16BrNO. The highest BCUT2D eigenvalue weighted by atomic mass is 79.9. The van der Waals surface area contributed by atoms with E-state index >= 15 is 0 Å². The van der Waals surface area contributed by atoms with E-state index in [-0.39, 0.29) is 0 Å². The van der Waals surface area contributed by atoms with Crippen LogP contribution in [0.4, 0.5) is 0 Å². The molecule has 0 saturated carbocycles. The van der Waals surface area contributed by atoms with Gasteiger partial charge >= 0.3 is 0 Å². The van der Waals surface area contributed by atoms with Crippen LogP contribution in [-0.2, 0) is 6.42 Å². The second-order valence-electron chi connectivity index (χ2n) is 3.51. The maximum absolute atomic E-state index is 5.68. The molecule has 0 fully saturated rings. The molecule has 1 aromatic rings. The number of halogens is 1. The predicted octanol–water partition coefficient (Wildman–Crippen LogP) is 2.91. The van der Waals surface area contributed by atoms with Gasteiger partial charge < -0.3 is 10.5 Å². The molecule has 0 heterocycles. The number of hydrogen-bond donors (Lipinski definition) is 1. The van der Waals surface area contributed by atoms with E-state index < -0.39 is 0 Å². The average Bonchev–Trinajstić information content (AvgIpc) is 2.17. The zero-order chi connectivity index (χ0) is 11.3. The molecule has 0 atom stereocenters. The van der Waals surface area contributed by atoms with Gasteiger partial charge in [-0.1, -0.05) is 18.7 Å². The monoisotopic (exact) mass is 269 g/mol. The van der Waals surface area contributed by atoms with Gasteiger partial charge in [0.05, 0.1) is 4.47 Å². The van der Waals surface area contributed by atoms with Crippen molar-refractivity contribution in [1.82, 2.24) is 0 Å². The molecule has 0 aliphatic heterocycles. The van der Waals surface area contributed by atoms with E-state index in [2.05, 4.69) is 22.5 Å². The molecule has 0 unspecified atom stereocenters. The summed E-state index contributed by atoms with van der Waals surface area (Å²) in [6.45, 7) is 6.92. The minimum absolute atomic E-state index is 0.542. The van der Waals surface area contributed by atoms with Crippen molar-refractivity contribution >= 4 is 15.9 Å². The summed E-state index contributed by atoms with van der Waals surface area (Å²) in [7, 11) is 0. The first kappa shape index (κ1) is 12.3. The number of nitrogens with two attached hydrogens (primary N) is 1. The molecule has 1 rings (SSSR count). The molecule has 0 aromatic heterocycles. The third kappa shape index (κ3) is 3.68. The van der Waals surface area contributed by atoms with Crippen LogP contribution in [0.5, 0.6) is 5.75 Å². The Balaban J connectivity index is 2.86. The molecule has 2 N–H and O–H groups in total. The molecule has 1 aromatic carbocycles. The van der Waals surface area contributed by atoms with E-state index in [1.54, 1.807) is 0 Å². The van der Waals surface area contributed by atoms with E-state index in [0.29, 0.717) is 13.2 Å². The van der Waals surface area contributed by atoms with E-state index in [1.165, 1.54) is 0 Å². The Morgan fingerprint density at radius 3 is 2.87 bits per heavy atom. The van der Waals surface area contributed by atoms with Gasteiger partial charge in [0.2, 0.25) is 0 Å². The van der Waals surface area contributed by atoms with Crippen molar-refractivity contribution in [2.45, 2.75) is 13.3 Å². The zero-order valence-electron chi connectivity index (χ0n) is 8.92. The number of hydrogen-bond acceptors (Lipinski definition) is 2. The fourth-order valence-electron chi connectivity index (χ4n) is 1.26. The standard InChI is InChI=1S/C12H16BrNO/c1-9(2)8-15-12-10(6-7-14)4-3-5-11(12)13/h3-5H,1,6-8,14H2,2H3. The van der Waals surface area contributed by atoms with Gasteiger partial charge in [0.15, 0.2) is 0 Å². The van der Waals surface area contributed by atoms with Gasteiger partial charge in [0, 0.05) is 0 Å². The van der Waals surface area contributed by atoms with Gasteiger partial charge in [0.25, 0.3) is 0 Å². The summed E-state index contributed by atoms with van der Waals surface area (Å²) >= 11 is 3.47. The maximum Gasteiger partial charge on any atom is 0.137 e. The first-order valence-electron chi connectivity index (χ1n) is 4.89. The lowest BCUT2D eigenvalue weighted by Crippen LogP contribution is -2.06. The van der Waals surface area contributed by atoms with Crippen molar-refractivity contribution in [3.05, 3.63) is 40.4 Å². The van der Waals surface area contributed by atoms with Gasteiger partial charge in [0.1, 0.15) is 12.4 Å². The van der Waals surface area contributed by atoms with Crippen LogP contribution in [0.1, 0.15) is 12.5 Å². The second-order valence-corrected chi connectivity index (χ2v) is 4.37. The van der Waals surface area contributed by atoms with Crippen LogP contribution >= 0.6 is 15.9 Å². The van der Waals surface area contributed by atoms with Crippen molar-refractivity contribution in [1.29, 1.82) is 0 Å². The quantitative estimate of drug-likeness (QED) is 0.835. The summed E-state index contributed by atoms with van der Waals surface area (Å²) in [6, 6.07) is 5.99. The number of ether oxygens (including phenoxy) is 1. The lowest BCUT2D eigenvalue weighted by molar-refractivity contribution is 0.346. The minimum atomic E-state index is 0.542. The first-order chi connectivity index (χ1) is 7.15. The van der Waals surface area contributed by atoms with Crippen LogP contribution in [-0.4, -0.2) is 13.2 Å². The fraction of sp³-hybridized carbons (Fsp3) is 0.333. The van der Waals surface area contributed by atoms with Crippen molar-refractivity contribution < 1.29 is 4.74 Å². The van der Waals surface area contributed by atoms with Crippen LogP contribution in [0.15, 0.2) is 34.8 Å². The summed E-state index contributed by atoms with van der Waals surface area (Å²) < 4.78 is 6.65. The Morgan fingerprint density at radius 2 is 2.27 bits per heavy atom. The molecular weight excluding hydrogens is 254 g/mol. The molecule has 0 aliphatic rings. The smallest absolute Gasteiger partial charge is 0.137 e. The molecule has 82 valence electrons. The Bertz CT molecular complexity index is 349. The third-order valence-electron chi connectivity index (χ3n) is 1.93. The number of para-hydroxylation sites is 1. The summed E-state index contributed by atoms with van der Waals surface area (Å²) in [4.78, 5) is 0. The minimum Gasteiger partial charge on any atom is -0.488 e. The number of benzene rings is 1. The average molecular weight is 270 g/mol.